The predicted molar refractivity (Wildman–Crippen MR) is 68.1 cm³/mol. The monoisotopic (exact) mass is 233 g/mol. The van der Waals surface area contributed by atoms with Gasteiger partial charge in [0.1, 0.15) is 0 Å². The van der Waals surface area contributed by atoms with Gasteiger partial charge < -0.3 is 11.1 Å². The molecule has 1 aromatic carbocycles. The Hall–Kier alpha value is -1.74. The second-order valence-corrected chi connectivity index (χ2v) is 3.94. The minimum atomic E-state index is 0.610. The van der Waals surface area contributed by atoms with Gasteiger partial charge in [0.15, 0.2) is 5.82 Å². The van der Waals surface area contributed by atoms with Gasteiger partial charge in [-0.05, 0) is 36.8 Å². The number of nitrogens with two attached hydrogens (primary N) is 1. The van der Waals surface area contributed by atoms with Crippen molar-refractivity contribution in [3.63, 3.8) is 0 Å². The fraction of sp³-hybridized carbons (Fsp3) is 0.0833. The lowest BCUT2D eigenvalue weighted by Gasteiger charge is -2.08. The summed E-state index contributed by atoms with van der Waals surface area (Å²) in [4.78, 5) is 4.15. The molecule has 0 saturated heterocycles. The maximum absolute atomic E-state index is 6.03. The summed E-state index contributed by atoms with van der Waals surface area (Å²) in [6.07, 6.45) is 1.69. The molecule has 0 unspecified atom stereocenters. The number of anilines is 3. The van der Waals surface area contributed by atoms with Crippen molar-refractivity contribution in [1.29, 1.82) is 0 Å². The standard InChI is InChI=1S/C12H12ClN3/c1-8-4-5-9(7-10(8)13)16-12-11(14)3-2-6-15-12/h2-7H,14H2,1H3,(H,15,16). The van der Waals surface area contributed by atoms with E-state index in [2.05, 4.69) is 10.3 Å². The van der Waals surface area contributed by atoms with Crippen LogP contribution in [0.4, 0.5) is 17.2 Å². The Labute approximate surface area is 99.3 Å². The lowest BCUT2D eigenvalue weighted by atomic mass is 10.2. The molecule has 0 atom stereocenters. The summed E-state index contributed by atoms with van der Waals surface area (Å²) in [5.74, 6) is 0.641. The quantitative estimate of drug-likeness (QED) is 0.836. The minimum absolute atomic E-state index is 0.610. The van der Waals surface area contributed by atoms with Crippen molar-refractivity contribution < 1.29 is 0 Å². The summed E-state index contributed by atoms with van der Waals surface area (Å²) in [7, 11) is 0. The van der Waals surface area contributed by atoms with Crippen LogP contribution in [0.3, 0.4) is 0 Å². The number of halogens is 1. The largest absolute Gasteiger partial charge is 0.396 e. The highest BCUT2D eigenvalue weighted by Crippen LogP contribution is 2.24. The van der Waals surface area contributed by atoms with Crippen LogP contribution in [0, 0.1) is 6.92 Å². The molecule has 3 nitrogen and oxygen atoms in total. The fourth-order valence-electron chi connectivity index (χ4n) is 1.33. The molecule has 3 N–H and O–H groups in total. The highest BCUT2D eigenvalue weighted by molar-refractivity contribution is 6.31. The van der Waals surface area contributed by atoms with Crippen LogP contribution in [-0.4, -0.2) is 4.98 Å². The molecular formula is C12H12ClN3. The summed E-state index contributed by atoms with van der Waals surface area (Å²) in [5.41, 5.74) is 8.31. The number of nitrogen functional groups attached to an aromatic ring is 1. The molecule has 0 radical (unpaired) electrons. The molecule has 4 heteroatoms. The van der Waals surface area contributed by atoms with Crippen molar-refractivity contribution in [1.82, 2.24) is 4.98 Å². The zero-order chi connectivity index (χ0) is 11.5. The van der Waals surface area contributed by atoms with E-state index in [9.17, 15) is 0 Å². The molecule has 1 aromatic heterocycles. The molecule has 0 bridgehead atoms. The van der Waals surface area contributed by atoms with Gasteiger partial charge in [0, 0.05) is 16.9 Å². The zero-order valence-electron chi connectivity index (χ0n) is 8.87. The van der Waals surface area contributed by atoms with Crippen molar-refractivity contribution in [2.24, 2.45) is 0 Å². The first kappa shape index (κ1) is 10.8. The normalized spacial score (nSPS) is 10.1. The second kappa shape index (κ2) is 4.41. The number of nitrogens with one attached hydrogen (secondary N) is 1. The topological polar surface area (TPSA) is 50.9 Å². The van der Waals surface area contributed by atoms with Gasteiger partial charge in [-0.2, -0.15) is 0 Å². The lowest BCUT2D eigenvalue weighted by Crippen LogP contribution is -1.98. The summed E-state index contributed by atoms with van der Waals surface area (Å²) in [6, 6.07) is 9.33. The van der Waals surface area contributed by atoms with Gasteiger partial charge in [-0.15, -0.1) is 0 Å². The number of benzene rings is 1. The number of hydrogen-bond donors (Lipinski definition) is 2. The summed E-state index contributed by atoms with van der Waals surface area (Å²) in [5, 5.41) is 3.84. The molecule has 2 aromatic rings. The van der Waals surface area contributed by atoms with E-state index in [1.165, 1.54) is 0 Å². The van der Waals surface area contributed by atoms with Gasteiger partial charge in [-0.25, -0.2) is 4.98 Å². The van der Waals surface area contributed by atoms with Crippen LogP contribution in [0.15, 0.2) is 36.5 Å². The molecule has 0 aliphatic heterocycles. The third-order valence-corrected chi connectivity index (χ3v) is 2.68. The molecule has 16 heavy (non-hydrogen) atoms. The van der Waals surface area contributed by atoms with Crippen molar-refractivity contribution in [2.75, 3.05) is 11.1 Å². The van der Waals surface area contributed by atoms with E-state index in [0.29, 0.717) is 11.5 Å². The van der Waals surface area contributed by atoms with Crippen molar-refractivity contribution in [2.45, 2.75) is 6.92 Å². The van der Waals surface area contributed by atoms with Crippen LogP contribution in [0.1, 0.15) is 5.56 Å². The zero-order valence-corrected chi connectivity index (χ0v) is 9.62. The first-order chi connectivity index (χ1) is 7.66. The Balaban J connectivity index is 2.28. The number of rotatable bonds is 2. The van der Waals surface area contributed by atoms with Crippen molar-refractivity contribution in [3.05, 3.63) is 47.1 Å². The van der Waals surface area contributed by atoms with Crippen LogP contribution >= 0.6 is 11.6 Å². The highest BCUT2D eigenvalue weighted by Gasteiger charge is 2.01. The SMILES string of the molecule is Cc1ccc(Nc2ncccc2N)cc1Cl. The van der Waals surface area contributed by atoms with E-state index in [1.54, 1.807) is 18.3 Å². The number of pyridine rings is 1. The molecule has 1 heterocycles. The predicted octanol–water partition coefficient (Wildman–Crippen LogP) is 3.37. The molecular weight excluding hydrogens is 222 g/mol. The Kier molecular flexibility index (Phi) is 2.97. The highest BCUT2D eigenvalue weighted by atomic mass is 35.5. The van der Waals surface area contributed by atoms with E-state index in [-0.39, 0.29) is 0 Å². The Bertz CT molecular complexity index is 511. The first-order valence-electron chi connectivity index (χ1n) is 4.90. The average molecular weight is 234 g/mol. The van der Waals surface area contributed by atoms with E-state index in [0.717, 1.165) is 16.3 Å². The Morgan fingerprint density at radius 3 is 2.81 bits per heavy atom. The van der Waals surface area contributed by atoms with Crippen LogP contribution in [0.25, 0.3) is 0 Å². The van der Waals surface area contributed by atoms with Crippen LogP contribution in [0.5, 0.6) is 0 Å². The van der Waals surface area contributed by atoms with Gasteiger partial charge in [0.25, 0.3) is 0 Å². The van der Waals surface area contributed by atoms with E-state index < -0.39 is 0 Å². The van der Waals surface area contributed by atoms with Crippen molar-refractivity contribution >= 4 is 28.8 Å². The maximum Gasteiger partial charge on any atom is 0.153 e. The van der Waals surface area contributed by atoms with Crippen molar-refractivity contribution in [3.8, 4) is 0 Å². The van der Waals surface area contributed by atoms with Gasteiger partial charge >= 0.3 is 0 Å². The lowest BCUT2D eigenvalue weighted by molar-refractivity contribution is 1.31. The van der Waals surface area contributed by atoms with Gasteiger partial charge in [-0.1, -0.05) is 17.7 Å². The summed E-state index contributed by atoms with van der Waals surface area (Å²) in [6.45, 7) is 1.96. The Morgan fingerprint density at radius 2 is 2.12 bits per heavy atom. The number of aryl methyl sites for hydroxylation is 1. The summed E-state index contributed by atoms with van der Waals surface area (Å²) >= 11 is 6.03. The number of aromatic nitrogens is 1. The molecule has 0 spiro atoms. The molecule has 0 aliphatic rings. The van der Waals surface area contributed by atoms with E-state index in [1.807, 2.05) is 25.1 Å². The molecule has 0 fully saturated rings. The summed E-state index contributed by atoms with van der Waals surface area (Å²) < 4.78 is 0. The van der Waals surface area contributed by atoms with Gasteiger partial charge in [0.05, 0.1) is 5.69 Å². The number of hydrogen-bond acceptors (Lipinski definition) is 3. The molecule has 2 rings (SSSR count). The van der Waals surface area contributed by atoms with Gasteiger partial charge in [0.2, 0.25) is 0 Å². The fourth-order valence-corrected chi connectivity index (χ4v) is 1.51. The smallest absolute Gasteiger partial charge is 0.153 e. The third-order valence-electron chi connectivity index (χ3n) is 2.27. The maximum atomic E-state index is 6.03. The minimum Gasteiger partial charge on any atom is -0.396 e. The molecule has 0 amide bonds. The average Bonchev–Trinajstić information content (AvgIpc) is 2.27. The van der Waals surface area contributed by atoms with Crippen LogP contribution < -0.4 is 11.1 Å². The van der Waals surface area contributed by atoms with E-state index in [4.69, 9.17) is 17.3 Å². The van der Waals surface area contributed by atoms with Crippen LogP contribution in [0.2, 0.25) is 5.02 Å². The molecule has 0 aliphatic carbocycles. The Morgan fingerprint density at radius 1 is 1.31 bits per heavy atom. The van der Waals surface area contributed by atoms with Gasteiger partial charge in [-0.3, -0.25) is 0 Å². The van der Waals surface area contributed by atoms with E-state index >= 15 is 0 Å². The number of nitrogens with zero attached hydrogens (tertiary/aromatic N) is 1. The first-order valence-corrected chi connectivity index (χ1v) is 5.28. The molecule has 82 valence electrons. The van der Waals surface area contributed by atoms with Crippen LogP contribution in [-0.2, 0) is 0 Å². The third kappa shape index (κ3) is 2.25. The molecule has 0 saturated carbocycles. The second-order valence-electron chi connectivity index (χ2n) is 3.53.